The Labute approximate surface area is 169 Å². The molecule has 2 nitrogen and oxygen atoms in total. The quantitative estimate of drug-likeness (QED) is 0.525. The van der Waals surface area contributed by atoms with Gasteiger partial charge in [0, 0.05) is 12.5 Å². The first kappa shape index (κ1) is 22.6. The van der Waals surface area contributed by atoms with E-state index in [4.69, 9.17) is 0 Å². The lowest BCUT2D eigenvalue weighted by atomic mass is 9.67. The smallest absolute Gasteiger partial charge is 0.147 e. The molecule has 0 aliphatic carbocycles. The minimum absolute atomic E-state index is 0. The third kappa shape index (κ3) is 4.63. The molecule has 3 heteroatoms. The van der Waals surface area contributed by atoms with Crippen molar-refractivity contribution in [2.75, 3.05) is 13.1 Å². The summed E-state index contributed by atoms with van der Waals surface area (Å²) in [6, 6.07) is 20.9. The number of carbonyl (C=O) groups is 1. The molecule has 2 rings (SSSR count). The maximum absolute atomic E-state index is 13.4. The van der Waals surface area contributed by atoms with Crippen LogP contribution in [0.4, 0.5) is 0 Å². The number of carbonyl (C=O) groups excluding carboxylic acids is 1. The first-order valence-corrected chi connectivity index (χ1v) is 9.48. The van der Waals surface area contributed by atoms with Crippen LogP contribution >= 0.6 is 17.0 Å². The van der Waals surface area contributed by atoms with Gasteiger partial charge in [0.15, 0.2) is 0 Å². The summed E-state index contributed by atoms with van der Waals surface area (Å²) in [7, 11) is 0. The molecule has 0 aromatic heterocycles. The van der Waals surface area contributed by atoms with Gasteiger partial charge in [-0.05, 0) is 37.6 Å². The predicted octanol–water partition coefficient (Wildman–Crippen LogP) is 5.65. The number of rotatable bonds is 9. The van der Waals surface area contributed by atoms with Crippen LogP contribution in [0.2, 0.25) is 0 Å². The van der Waals surface area contributed by atoms with Crippen LogP contribution in [0, 0.1) is 0 Å². The topological polar surface area (TPSA) is 20.3 Å². The van der Waals surface area contributed by atoms with Crippen molar-refractivity contribution >= 4 is 22.8 Å². The highest BCUT2D eigenvalue weighted by atomic mass is 79.9. The van der Waals surface area contributed by atoms with E-state index in [0.29, 0.717) is 18.2 Å². The summed E-state index contributed by atoms with van der Waals surface area (Å²) < 4.78 is 0. The predicted molar refractivity (Wildman–Crippen MR) is 116 cm³/mol. The monoisotopic (exact) mass is 417 g/mol. The van der Waals surface area contributed by atoms with Gasteiger partial charge >= 0.3 is 0 Å². The van der Waals surface area contributed by atoms with Crippen molar-refractivity contribution in [3.05, 3.63) is 71.8 Å². The number of nitrogens with zero attached hydrogens (tertiary/aromatic N) is 1. The fraction of sp³-hybridized carbons (Fsp3) is 0.435. The van der Waals surface area contributed by atoms with E-state index >= 15 is 0 Å². The highest BCUT2D eigenvalue weighted by Crippen LogP contribution is 2.39. The molecule has 0 spiro atoms. The van der Waals surface area contributed by atoms with Crippen molar-refractivity contribution in [2.24, 2.45) is 0 Å². The zero-order valence-electron chi connectivity index (χ0n) is 16.4. The molecule has 0 saturated heterocycles. The van der Waals surface area contributed by atoms with E-state index in [1.54, 1.807) is 0 Å². The Bertz CT molecular complexity index is 613. The van der Waals surface area contributed by atoms with Gasteiger partial charge in [0.2, 0.25) is 0 Å². The van der Waals surface area contributed by atoms with Crippen molar-refractivity contribution in [1.29, 1.82) is 0 Å². The third-order valence-electron chi connectivity index (χ3n) is 5.37. The van der Waals surface area contributed by atoms with Crippen molar-refractivity contribution < 1.29 is 4.79 Å². The molecule has 0 radical (unpaired) electrons. The zero-order chi connectivity index (χ0) is 18.3. The normalized spacial score (nSPS) is 12.5. The minimum atomic E-state index is -0.584. The Morgan fingerprint density at radius 2 is 1.31 bits per heavy atom. The lowest BCUT2D eigenvalue weighted by Gasteiger charge is -2.39. The maximum atomic E-state index is 13.4. The van der Waals surface area contributed by atoms with Crippen LogP contribution in [-0.2, 0) is 10.2 Å². The lowest BCUT2D eigenvalue weighted by molar-refractivity contribution is -0.123. The summed E-state index contributed by atoms with van der Waals surface area (Å²) in [4.78, 5) is 15.8. The first-order valence-electron chi connectivity index (χ1n) is 9.48. The lowest BCUT2D eigenvalue weighted by Crippen LogP contribution is -2.44. The van der Waals surface area contributed by atoms with E-state index in [2.05, 4.69) is 49.9 Å². The average Bonchev–Trinajstić information content (AvgIpc) is 2.67. The van der Waals surface area contributed by atoms with Gasteiger partial charge in [-0.2, -0.15) is 0 Å². The number of Topliss-reactive ketones (excluding diaryl/α,β-unsaturated/α-hetero) is 1. The largest absolute Gasteiger partial charge is 0.301 e. The van der Waals surface area contributed by atoms with Gasteiger partial charge in [-0.1, -0.05) is 81.4 Å². The summed E-state index contributed by atoms with van der Waals surface area (Å²) >= 11 is 0. The van der Waals surface area contributed by atoms with Gasteiger partial charge in [0.05, 0.1) is 5.41 Å². The van der Waals surface area contributed by atoms with E-state index in [1.165, 1.54) is 0 Å². The van der Waals surface area contributed by atoms with E-state index in [-0.39, 0.29) is 17.0 Å². The van der Waals surface area contributed by atoms with E-state index in [0.717, 1.165) is 30.6 Å². The van der Waals surface area contributed by atoms with Crippen molar-refractivity contribution in [3.8, 4) is 0 Å². The standard InChI is InChI=1S/C23H31NO.BrH/c1-5-22(25)23(20-14-10-8-11-15-20,21-16-12-9-13-17-21)18-19(4)24(6-2)7-3;/h8-17,19H,5-7,18H2,1-4H3;1H. The van der Waals surface area contributed by atoms with Gasteiger partial charge in [0.25, 0.3) is 0 Å². The molecule has 1 atom stereocenters. The highest BCUT2D eigenvalue weighted by Gasteiger charge is 2.42. The number of halogens is 1. The van der Waals surface area contributed by atoms with Crippen LogP contribution in [0.1, 0.15) is 51.7 Å². The summed E-state index contributed by atoms with van der Waals surface area (Å²) in [5.74, 6) is 0.295. The molecule has 0 saturated carbocycles. The van der Waals surface area contributed by atoms with Gasteiger partial charge in [0.1, 0.15) is 5.78 Å². The molecule has 0 heterocycles. The molecule has 2 aromatic rings. The molecular weight excluding hydrogens is 386 g/mol. The van der Waals surface area contributed by atoms with E-state index in [9.17, 15) is 4.79 Å². The average molecular weight is 418 g/mol. The molecule has 0 aliphatic heterocycles. The fourth-order valence-corrected chi connectivity index (χ4v) is 4.00. The second kappa shape index (κ2) is 10.6. The molecule has 1 unspecified atom stereocenters. The van der Waals surface area contributed by atoms with Crippen LogP contribution in [0.3, 0.4) is 0 Å². The Morgan fingerprint density at radius 1 is 0.885 bits per heavy atom. The maximum Gasteiger partial charge on any atom is 0.147 e. The molecule has 0 amide bonds. The molecule has 0 aliphatic rings. The van der Waals surface area contributed by atoms with Crippen LogP contribution in [0.5, 0.6) is 0 Å². The van der Waals surface area contributed by atoms with Crippen LogP contribution in [-0.4, -0.2) is 29.8 Å². The molecular formula is C23H32BrNO. The van der Waals surface area contributed by atoms with E-state index < -0.39 is 5.41 Å². The van der Waals surface area contributed by atoms with Gasteiger partial charge in [-0.15, -0.1) is 17.0 Å². The number of ketones is 1. The summed E-state index contributed by atoms with van der Waals surface area (Å²) in [6.45, 7) is 10.6. The van der Waals surface area contributed by atoms with Gasteiger partial charge in [-0.3, -0.25) is 4.79 Å². The second-order valence-electron chi connectivity index (χ2n) is 6.69. The Balaban J connectivity index is 0.00000338. The highest BCUT2D eigenvalue weighted by molar-refractivity contribution is 8.93. The Hall–Kier alpha value is -1.45. The van der Waals surface area contributed by atoms with E-state index in [1.807, 2.05) is 43.3 Å². The first-order chi connectivity index (χ1) is 12.1. The number of hydrogen-bond donors (Lipinski definition) is 0. The fourth-order valence-electron chi connectivity index (χ4n) is 4.00. The molecule has 26 heavy (non-hydrogen) atoms. The Kier molecular flexibility index (Phi) is 9.24. The second-order valence-corrected chi connectivity index (χ2v) is 6.69. The van der Waals surface area contributed by atoms with Crippen LogP contribution in [0.15, 0.2) is 60.7 Å². The third-order valence-corrected chi connectivity index (χ3v) is 5.37. The van der Waals surface area contributed by atoms with Gasteiger partial charge in [-0.25, -0.2) is 0 Å². The number of benzene rings is 2. The zero-order valence-corrected chi connectivity index (χ0v) is 18.2. The summed E-state index contributed by atoms with van der Waals surface area (Å²) in [6.07, 6.45) is 1.34. The van der Waals surface area contributed by atoms with Crippen LogP contribution < -0.4 is 0 Å². The van der Waals surface area contributed by atoms with Gasteiger partial charge < -0.3 is 4.90 Å². The SMILES string of the molecule is Br.CCC(=O)C(CC(C)N(CC)CC)(c1ccccc1)c1ccccc1. The molecule has 0 N–H and O–H groups in total. The molecule has 2 aromatic carbocycles. The van der Waals surface area contributed by atoms with Crippen molar-refractivity contribution in [2.45, 2.75) is 52.0 Å². The van der Waals surface area contributed by atoms with Crippen molar-refractivity contribution in [3.63, 3.8) is 0 Å². The molecule has 142 valence electrons. The Morgan fingerprint density at radius 3 is 1.65 bits per heavy atom. The van der Waals surface area contributed by atoms with Crippen LogP contribution in [0.25, 0.3) is 0 Å². The minimum Gasteiger partial charge on any atom is -0.301 e. The summed E-state index contributed by atoms with van der Waals surface area (Å²) in [5.41, 5.74) is 1.62. The molecule has 0 fully saturated rings. The summed E-state index contributed by atoms with van der Waals surface area (Å²) in [5, 5.41) is 0. The molecule has 0 bridgehead atoms. The van der Waals surface area contributed by atoms with Crippen molar-refractivity contribution in [1.82, 2.24) is 4.90 Å². The number of hydrogen-bond acceptors (Lipinski definition) is 2.